The molecular weight excluding hydrogens is 88.9 g/mol. The summed E-state index contributed by atoms with van der Waals surface area (Å²) >= 11 is 0. The molecule has 7 heavy (non-hydrogen) atoms. The molecule has 0 aromatic rings. The molecule has 2 nitrogen and oxygen atoms in total. The second-order valence-corrected chi connectivity index (χ2v) is 1.36. The van der Waals surface area contributed by atoms with Gasteiger partial charge in [0.2, 0.25) is 5.91 Å². The number of hydrogen-bond acceptors (Lipinski definition) is 1. The zero-order chi connectivity index (χ0) is 5.70. The van der Waals surface area contributed by atoms with Crippen molar-refractivity contribution in [1.29, 1.82) is 0 Å². The summed E-state index contributed by atoms with van der Waals surface area (Å²) in [6, 6.07) is 0. The summed E-state index contributed by atoms with van der Waals surface area (Å²) in [5, 5.41) is 0. The Bertz CT molecular complexity index is 64.7. The highest BCUT2D eigenvalue weighted by atomic mass is 16.1. The third-order valence-electron chi connectivity index (χ3n) is 0.627. The highest BCUT2D eigenvalue weighted by Gasteiger charge is 1.88. The zero-order valence-electron chi connectivity index (χ0n) is 4.18. The minimum absolute atomic E-state index is 0.273. The summed E-state index contributed by atoms with van der Waals surface area (Å²) in [5.74, 6) is -0.273. The molecule has 0 saturated carbocycles. The molecule has 2 N–H and O–H groups in total. The summed E-state index contributed by atoms with van der Waals surface area (Å²) in [5.41, 5.74) is 4.78. The van der Waals surface area contributed by atoms with E-state index in [1.54, 1.807) is 0 Å². The van der Waals surface area contributed by atoms with Gasteiger partial charge in [0.05, 0.1) is 7.85 Å². The first-order valence-electron chi connectivity index (χ1n) is 2.25. The van der Waals surface area contributed by atoms with E-state index in [1.165, 1.54) is 0 Å². The molecule has 0 saturated heterocycles. The van der Waals surface area contributed by atoms with E-state index in [9.17, 15) is 4.79 Å². The van der Waals surface area contributed by atoms with Gasteiger partial charge < -0.3 is 5.73 Å². The van der Waals surface area contributed by atoms with Gasteiger partial charge in [-0.1, -0.05) is 12.7 Å². The molecule has 38 valence electrons. The zero-order valence-corrected chi connectivity index (χ0v) is 4.18. The number of carbonyl (C=O) groups is 1. The first-order valence-corrected chi connectivity index (χ1v) is 2.25. The van der Waals surface area contributed by atoms with Crippen molar-refractivity contribution in [1.82, 2.24) is 0 Å². The number of nitrogens with two attached hydrogens (primary N) is 1. The van der Waals surface area contributed by atoms with Crippen molar-refractivity contribution in [3.8, 4) is 0 Å². The Morgan fingerprint density at radius 2 is 2.29 bits per heavy atom. The van der Waals surface area contributed by atoms with Gasteiger partial charge in [-0.15, -0.1) is 0 Å². The fourth-order valence-corrected chi connectivity index (χ4v) is 0.276. The van der Waals surface area contributed by atoms with E-state index in [0.717, 1.165) is 0 Å². The molecule has 0 aromatic carbocycles. The van der Waals surface area contributed by atoms with E-state index in [2.05, 4.69) is 0 Å². The Labute approximate surface area is 44.5 Å². The molecule has 0 aliphatic rings. The van der Waals surface area contributed by atoms with Gasteiger partial charge in [0, 0.05) is 6.42 Å². The van der Waals surface area contributed by atoms with Gasteiger partial charge in [-0.25, -0.2) is 0 Å². The summed E-state index contributed by atoms with van der Waals surface area (Å²) in [4.78, 5) is 9.92. The molecule has 2 radical (unpaired) electrons. The molecule has 0 aliphatic carbocycles. The van der Waals surface area contributed by atoms with Crippen LogP contribution in [0.5, 0.6) is 0 Å². The van der Waals surface area contributed by atoms with Gasteiger partial charge in [-0.05, 0) is 0 Å². The van der Waals surface area contributed by atoms with E-state index in [4.69, 9.17) is 13.6 Å². The van der Waals surface area contributed by atoms with Crippen molar-refractivity contribution in [3.63, 3.8) is 0 Å². The molecule has 0 bridgehead atoms. The first kappa shape index (κ1) is 6.53. The monoisotopic (exact) mass is 97.1 g/mol. The van der Waals surface area contributed by atoms with Crippen molar-refractivity contribution in [3.05, 3.63) is 0 Å². The van der Waals surface area contributed by atoms with Crippen LogP contribution in [0.25, 0.3) is 0 Å². The molecule has 0 heterocycles. The number of amides is 1. The standard InChI is InChI=1S/C4H8BNO/c5-3-1-2-4(6)7/h1-3H2,(H2,6,7). The van der Waals surface area contributed by atoms with E-state index in [0.29, 0.717) is 19.2 Å². The molecule has 0 fully saturated rings. The molecule has 0 spiro atoms. The second kappa shape index (κ2) is 3.72. The van der Waals surface area contributed by atoms with Crippen molar-refractivity contribution >= 4 is 13.8 Å². The molecule has 0 aliphatic heterocycles. The number of hydrogen-bond donors (Lipinski definition) is 1. The first-order chi connectivity index (χ1) is 3.27. The van der Waals surface area contributed by atoms with Crippen molar-refractivity contribution in [2.24, 2.45) is 5.73 Å². The summed E-state index contributed by atoms with van der Waals surface area (Å²) < 4.78 is 0. The molecule has 0 aromatic heterocycles. The summed E-state index contributed by atoms with van der Waals surface area (Å²) in [6.45, 7) is 0. The Morgan fingerprint density at radius 1 is 1.71 bits per heavy atom. The van der Waals surface area contributed by atoms with Crippen LogP contribution in [-0.4, -0.2) is 13.8 Å². The van der Waals surface area contributed by atoms with Gasteiger partial charge in [-0.2, -0.15) is 0 Å². The maximum Gasteiger partial charge on any atom is 0.217 e. The van der Waals surface area contributed by atoms with Crippen molar-refractivity contribution < 1.29 is 4.79 Å². The molecule has 3 heteroatoms. The second-order valence-electron chi connectivity index (χ2n) is 1.36. The van der Waals surface area contributed by atoms with E-state index < -0.39 is 0 Å². The van der Waals surface area contributed by atoms with Gasteiger partial charge in [0.15, 0.2) is 0 Å². The van der Waals surface area contributed by atoms with Crippen molar-refractivity contribution in [2.45, 2.75) is 19.2 Å². The number of carbonyl (C=O) groups excluding carboxylic acids is 1. The average Bonchev–Trinajstić information content (AvgIpc) is 1.61. The maximum absolute atomic E-state index is 9.92. The van der Waals surface area contributed by atoms with Crippen LogP contribution in [0.2, 0.25) is 6.32 Å². The molecule has 0 rings (SSSR count). The molecule has 0 unspecified atom stereocenters. The van der Waals surface area contributed by atoms with Crippen LogP contribution in [-0.2, 0) is 4.79 Å². The fraction of sp³-hybridized carbons (Fsp3) is 0.750. The summed E-state index contributed by atoms with van der Waals surface area (Å²) in [6.07, 6.45) is 1.66. The fourth-order valence-electron chi connectivity index (χ4n) is 0.276. The lowest BCUT2D eigenvalue weighted by atomic mass is 10.0. The van der Waals surface area contributed by atoms with Crippen LogP contribution in [0.15, 0.2) is 0 Å². The van der Waals surface area contributed by atoms with Crippen LogP contribution in [0.1, 0.15) is 12.8 Å². The van der Waals surface area contributed by atoms with Gasteiger partial charge >= 0.3 is 0 Å². The normalized spacial score (nSPS) is 8.57. The lowest BCUT2D eigenvalue weighted by molar-refractivity contribution is -0.118. The number of primary amides is 1. The third-order valence-corrected chi connectivity index (χ3v) is 0.627. The number of rotatable bonds is 3. The summed E-state index contributed by atoms with van der Waals surface area (Å²) in [7, 11) is 5.07. The van der Waals surface area contributed by atoms with E-state index >= 15 is 0 Å². The van der Waals surface area contributed by atoms with Crippen molar-refractivity contribution in [2.75, 3.05) is 0 Å². The molecule has 0 atom stereocenters. The largest absolute Gasteiger partial charge is 0.370 e. The molecular formula is C4H8BNO. The molecule has 1 amide bonds. The van der Waals surface area contributed by atoms with Gasteiger partial charge in [-0.3, -0.25) is 4.79 Å². The third kappa shape index (κ3) is 5.53. The average molecular weight is 96.9 g/mol. The van der Waals surface area contributed by atoms with Crippen LogP contribution in [0, 0.1) is 0 Å². The minimum atomic E-state index is -0.273. The van der Waals surface area contributed by atoms with Crippen LogP contribution in [0.3, 0.4) is 0 Å². The van der Waals surface area contributed by atoms with Crippen LogP contribution >= 0.6 is 0 Å². The predicted octanol–water partition coefficient (Wildman–Crippen LogP) is -0.161. The topological polar surface area (TPSA) is 43.1 Å². The SMILES string of the molecule is [B]CCCC(N)=O. The Kier molecular flexibility index (Phi) is 3.47. The Hall–Kier alpha value is -0.465. The van der Waals surface area contributed by atoms with Gasteiger partial charge in [0.1, 0.15) is 0 Å². The highest BCUT2D eigenvalue weighted by Crippen LogP contribution is 1.88. The quantitative estimate of drug-likeness (QED) is 0.488. The Morgan fingerprint density at radius 3 is 2.43 bits per heavy atom. The lowest BCUT2D eigenvalue weighted by Crippen LogP contribution is -2.09. The van der Waals surface area contributed by atoms with E-state index in [-0.39, 0.29) is 5.91 Å². The van der Waals surface area contributed by atoms with Crippen LogP contribution < -0.4 is 5.73 Å². The maximum atomic E-state index is 9.92. The van der Waals surface area contributed by atoms with E-state index in [1.807, 2.05) is 0 Å². The van der Waals surface area contributed by atoms with Crippen LogP contribution in [0.4, 0.5) is 0 Å². The lowest BCUT2D eigenvalue weighted by Gasteiger charge is -1.86. The Balaban J connectivity index is 2.82. The van der Waals surface area contributed by atoms with Gasteiger partial charge in [0.25, 0.3) is 0 Å². The highest BCUT2D eigenvalue weighted by molar-refractivity contribution is 6.08. The minimum Gasteiger partial charge on any atom is -0.370 e. The predicted molar refractivity (Wildman–Crippen MR) is 29.0 cm³/mol. The smallest absolute Gasteiger partial charge is 0.217 e.